The summed E-state index contributed by atoms with van der Waals surface area (Å²) in [4.78, 5) is 0. The summed E-state index contributed by atoms with van der Waals surface area (Å²) in [5.74, 6) is 10.4. The summed E-state index contributed by atoms with van der Waals surface area (Å²) in [6.45, 7) is 14.2. The minimum atomic E-state index is 0.614. The summed E-state index contributed by atoms with van der Waals surface area (Å²) in [5.41, 5.74) is 5.00. The van der Waals surface area contributed by atoms with E-state index in [1.54, 1.807) is 55.4 Å². The van der Waals surface area contributed by atoms with Crippen molar-refractivity contribution in [3.63, 3.8) is 0 Å². The molecule has 0 amide bonds. The second-order valence-corrected chi connectivity index (χ2v) is 5.54. The van der Waals surface area contributed by atoms with Crippen LogP contribution < -0.4 is 11.7 Å². The Kier molecular flexibility index (Phi) is 10.2. The first-order valence-electron chi connectivity index (χ1n) is 7.91. The lowest BCUT2D eigenvalue weighted by molar-refractivity contribution is 1.19. The zero-order valence-corrected chi connectivity index (χ0v) is 16.7. The van der Waals surface area contributed by atoms with E-state index < -0.39 is 0 Å². The van der Waals surface area contributed by atoms with Gasteiger partial charge < -0.3 is 11.7 Å². The van der Waals surface area contributed by atoms with E-state index >= 15 is 0 Å². The normalized spacial score (nSPS) is 17.1. The molecule has 0 aliphatic rings. The molecule has 0 aromatic carbocycles. The van der Waals surface area contributed by atoms with Crippen molar-refractivity contribution >= 4 is 45.7 Å². The molecule has 4 N–H and O–H groups in total. The first-order valence-corrected chi connectivity index (χ1v) is 7.91. The Labute approximate surface area is 154 Å². The standard InChI is InChI=1S/C16H28N10/c1-9(19-17)11(3)21-23-13(5)15(7)25-26-16(8)14(6)24-22-12(4)10(2)20-18/h17-18H2,1-8H3/b19-9+,20-10+,21-11+,22-12+,23-13+,24-14+,25-15+,26-16+. The van der Waals surface area contributed by atoms with E-state index in [2.05, 4.69) is 40.8 Å². The highest BCUT2D eigenvalue weighted by Gasteiger charge is 2.01. The molecule has 0 rings (SSSR count). The molecule has 0 aromatic rings. The molecule has 0 radical (unpaired) electrons. The monoisotopic (exact) mass is 360 g/mol. The van der Waals surface area contributed by atoms with Crippen molar-refractivity contribution in [1.29, 1.82) is 0 Å². The fourth-order valence-corrected chi connectivity index (χ4v) is 1.07. The topological polar surface area (TPSA) is 151 Å². The van der Waals surface area contributed by atoms with Crippen LogP contribution in [0.1, 0.15) is 55.4 Å². The van der Waals surface area contributed by atoms with Gasteiger partial charge in [-0.3, -0.25) is 0 Å². The molecule has 0 saturated carbocycles. The molecule has 10 nitrogen and oxygen atoms in total. The highest BCUT2D eigenvalue weighted by Crippen LogP contribution is 1.94. The van der Waals surface area contributed by atoms with Gasteiger partial charge in [-0.15, -0.1) is 0 Å². The van der Waals surface area contributed by atoms with Gasteiger partial charge in [-0.2, -0.15) is 40.8 Å². The second-order valence-electron chi connectivity index (χ2n) is 5.54. The maximum absolute atomic E-state index is 5.20. The van der Waals surface area contributed by atoms with Gasteiger partial charge in [0.25, 0.3) is 0 Å². The van der Waals surface area contributed by atoms with E-state index in [1.807, 2.05) is 0 Å². The average Bonchev–Trinajstić information content (AvgIpc) is 2.65. The van der Waals surface area contributed by atoms with Gasteiger partial charge in [0.1, 0.15) is 0 Å². The molecule has 0 fully saturated rings. The summed E-state index contributed by atoms with van der Waals surface area (Å²) < 4.78 is 0. The predicted molar refractivity (Wildman–Crippen MR) is 113 cm³/mol. The Bertz CT molecular complexity index is 681. The molecule has 0 bridgehead atoms. The first kappa shape index (κ1) is 23.0. The van der Waals surface area contributed by atoms with E-state index in [4.69, 9.17) is 11.7 Å². The number of nitrogens with two attached hydrogens (primary N) is 2. The molecule has 0 spiro atoms. The maximum Gasteiger partial charge on any atom is 0.0829 e. The number of nitrogens with zero attached hydrogens (tertiary/aromatic N) is 8. The highest BCUT2D eigenvalue weighted by atomic mass is 15.3. The molecular formula is C16H28N10. The van der Waals surface area contributed by atoms with Gasteiger partial charge in [0.15, 0.2) is 0 Å². The SMILES string of the molecule is CC(=N\N)/C(C)=N/N=C(C)/C(C)=N/N=C(C)/C(C)=N/N=C(C)/C(C)=N/N. The van der Waals surface area contributed by atoms with Gasteiger partial charge in [0, 0.05) is 0 Å². The number of hydrazone groups is 2. The quantitative estimate of drug-likeness (QED) is 0.406. The molecule has 0 aliphatic heterocycles. The van der Waals surface area contributed by atoms with E-state index in [0.29, 0.717) is 45.7 Å². The Morgan fingerprint density at radius 3 is 0.654 bits per heavy atom. The van der Waals surface area contributed by atoms with Crippen LogP contribution in [0.15, 0.2) is 40.8 Å². The van der Waals surface area contributed by atoms with E-state index in [-0.39, 0.29) is 0 Å². The van der Waals surface area contributed by atoms with Crippen molar-refractivity contribution in [3.05, 3.63) is 0 Å². The number of hydrogen-bond acceptors (Lipinski definition) is 10. The largest absolute Gasteiger partial charge is 0.323 e. The third-order valence-electron chi connectivity index (χ3n) is 3.53. The van der Waals surface area contributed by atoms with Gasteiger partial charge in [-0.1, -0.05) is 0 Å². The Hall–Kier alpha value is -3.04. The van der Waals surface area contributed by atoms with Crippen LogP contribution in [0, 0.1) is 0 Å². The third-order valence-corrected chi connectivity index (χ3v) is 3.53. The van der Waals surface area contributed by atoms with Gasteiger partial charge in [-0.25, -0.2) is 0 Å². The lowest BCUT2D eigenvalue weighted by Crippen LogP contribution is -2.10. The molecule has 0 saturated heterocycles. The van der Waals surface area contributed by atoms with Crippen LogP contribution in [0.25, 0.3) is 0 Å². The van der Waals surface area contributed by atoms with Gasteiger partial charge >= 0.3 is 0 Å². The summed E-state index contributed by atoms with van der Waals surface area (Å²) in [6, 6.07) is 0. The number of hydrogen-bond donors (Lipinski definition) is 2. The van der Waals surface area contributed by atoms with E-state index in [1.165, 1.54) is 0 Å². The van der Waals surface area contributed by atoms with Crippen molar-refractivity contribution in [1.82, 2.24) is 0 Å². The fourth-order valence-electron chi connectivity index (χ4n) is 1.07. The third kappa shape index (κ3) is 8.18. The summed E-state index contributed by atoms with van der Waals surface area (Å²) in [5, 5.41) is 31.7. The number of rotatable bonds is 7. The molecule has 0 atom stereocenters. The molecule has 26 heavy (non-hydrogen) atoms. The Morgan fingerprint density at radius 1 is 0.346 bits per heavy atom. The van der Waals surface area contributed by atoms with Crippen LogP contribution in [0.5, 0.6) is 0 Å². The maximum atomic E-state index is 5.20. The van der Waals surface area contributed by atoms with Crippen molar-refractivity contribution in [2.75, 3.05) is 0 Å². The molecule has 10 heteroatoms. The van der Waals surface area contributed by atoms with Crippen molar-refractivity contribution in [3.8, 4) is 0 Å². The fraction of sp³-hybridized carbons (Fsp3) is 0.500. The summed E-state index contributed by atoms with van der Waals surface area (Å²) in [6.07, 6.45) is 0. The molecular weight excluding hydrogens is 332 g/mol. The zero-order valence-electron chi connectivity index (χ0n) is 16.7. The lowest BCUT2D eigenvalue weighted by Gasteiger charge is -1.99. The molecule has 0 heterocycles. The Balaban J connectivity index is 5.31. The van der Waals surface area contributed by atoms with Crippen LogP contribution in [0.3, 0.4) is 0 Å². The first-order chi connectivity index (χ1) is 12.1. The molecule has 142 valence electrons. The minimum Gasteiger partial charge on any atom is -0.323 e. The predicted octanol–water partition coefficient (Wildman–Crippen LogP) is 2.17. The smallest absolute Gasteiger partial charge is 0.0829 e. The van der Waals surface area contributed by atoms with E-state index in [9.17, 15) is 0 Å². The molecule has 0 aliphatic carbocycles. The highest BCUT2D eigenvalue weighted by molar-refractivity contribution is 6.44. The minimum absolute atomic E-state index is 0.614. The summed E-state index contributed by atoms with van der Waals surface area (Å²) in [7, 11) is 0. The van der Waals surface area contributed by atoms with Crippen LogP contribution in [-0.4, -0.2) is 45.7 Å². The van der Waals surface area contributed by atoms with Crippen LogP contribution in [0.4, 0.5) is 0 Å². The van der Waals surface area contributed by atoms with Crippen LogP contribution in [-0.2, 0) is 0 Å². The van der Waals surface area contributed by atoms with Gasteiger partial charge in [0.05, 0.1) is 45.7 Å². The second kappa shape index (κ2) is 11.5. The molecule has 0 unspecified atom stereocenters. The van der Waals surface area contributed by atoms with Gasteiger partial charge in [-0.05, 0) is 55.4 Å². The van der Waals surface area contributed by atoms with Crippen molar-refractivity contribution < 1.29 is 0 Å². The van der Waals surface area contributed by atoms with Crippen LogP contribution in [0.2, 0.25) is 0 Å². The zero-order chi connectivity index (χ0) is 20.3. The van der Waals surface area contributed by atoms with Crippen molar-refractivity contribution in [2.24, 2.45) is 52.5 Å². The summed E-state index contributed by atoms with van der Waals surface area (Å²) >= 11 is 0. The molecule has 0 aromatic heterocycles. The average molecular weight is 360 g/mol. The van der Waals surface area contributed by atoms with Crippen molar-refractivity contribution in [2.45, 2.75) is 55.4 Å². The Morgan fingerprint density at radius 2 is 0.500 bits per heavy atom. The lowest BCUT2D eigenvalue weighted by atomic mass is 10.3. The van der Waals surface area contributed by atoms with E-state index in [0.717, 1.165) is 0 Å². The van der Waals surface area contributed by atoms with Crippen LogP contribution >= 0.6 is 0 Å². The van der Waals surface area contributed by atoms with Gasteiger partial charge in [0.2, 0.25) is 0 Å².